The van der Waals surface area contributed by atoms with Crippen LogP contribution in [0.4, 0.5) is 5.69 Å². The number of methoxy groups -OCH3 is 1. The van der Waals surface area contributed by atoms with Crippen LogP contribution in [0, 0.1) is 5.92 Å². The lowest BCUT2D eigenvalue weighted by atomic mass is 10.1. The van der Waals surface area contributed by atoms with Gasteiger partial charge >= 0.3 is 0 Å². The van der Waals surface area contributed by atoms with Gasteiger partial charge in [-0.2, -0.15) is 0 Å². The maximum atomic E-state index is 12.1. The minimum absolute atomic E-state index is 0.352. The Morgan fingerprint density at radius 1 is 1.35 bits per heavy atom. The zero-order valence-corrected chi connectivity index (χ0v) is 13.3. The lowest BCUT2D eigenvalue weighted by Crippen LogP contribution is -2.34. The van der Waals surface area contributed by atoms with E-state index >= 15 is 0 Å². The standard InChI is InChI=1S/C15H18BrNO3/c1-3-4-10(8-16)9-17-13-6-5-11(20-2)7-12(13)14(18)15(17)19/h5-7,10H,3-4,8-9H2,1-2H3. The van der Waals surface area contributed by atoms with Crippen molar-refractivity contribution < 1.29 is 14.3 Å². The number of hydrogen-bond acceptors (Lipinski definition) is 3. The van der Waals surface area contributed by atoms with Gasteiger partial charge < -0.3 is 9.64 Å². The quantitative estimate of drug-likeness (QED) is 0.591. The molecule has 1 atom stereocenters. The van der Waals surface area contributed by atoms with E-state index in [0.717, 1.165) is 18.2 Å². The van der Waals surface area contributed by atoms with Gasteiger partial charge in [-0.25, -0.2) is 0 Å². The molecule has 0 saturated carbocycles. The molecule has 5 heteroatoms. The molecule has 0 spiro atoms. The van der Waals surface area contributed by atoms with Crippen LogP contribution in [-0.2, 0) is 4.79 Å². The number of ether oxygens (including phenoxy) is 1. The van der Waals surface area contributed by atoms with Crippen LogP contribution < -0.4 is 9.64 Å². The highest BCUT2D eigenvalue weighted by atomic mass is 79.9. The third kappa shape index (κ3) is 2.73. The first-order chi connectivity index (χ1) is 9.62. The number of halogens is 1. The molecule has 1 aliphatic heterocycles. The largest absolute Gasteiger partial charge is 0.497 e. The normalized spacial score (nSPS) is 15.4. The molecule has 4 nitrogen and oxygen atoms in total. The summed E-state index contributed by atoms with van der Waals surface area (Å²) in [5.41, 5.74) is 1.14. The van der Waals surface area contributed by atoms with Crippen LogP contribution in [0.2, 0.25) is 0 Å². The van der Waals surface area contributed by atoms with Gasteiger partial charge in [-0.1, -0.05) is 29.3 Å². The Hall–Kier alpha value is -1.36. The zero-order valence-electron chi connectivity index (χ0n) is 11.7. The van der Waals surface area contributed by atoms with Crippen LogP contribution in [0.5, 0.6) is 5.75 Å². The molecular weight excluding hydrogens is 322 g/mol. The number of carbonyl (C=O) groups is 2. The van der Waals surface area contributed by atoms with Crippen LogP contribution in [0.1, 0.15) is 30.1 Å². The van der Waals surface area contributed by atoms with E-state index in [9.17, 15) is 9.59 Å². The highest BCUT2D eigenvalue weighted by molar-refractivity contribution is 9.09. The van der Waals surface area contributed by atoms with Crippen molar-refractivity contribution in [3.05, 3.63) is 23.8 Å². The van der Waals surface area contributed by atoms with Crippen LogP contribution in [0.15, 0.2) is 18.2 Å². The molecule has 1 aromatic carbocycles. The fraction of sp³-hybridized carbons (Fsp3) is 0.467. The molecule has 0 saturated heterocycles. The van der Waals surface area contributed by atoms with E-state index in [2.05, 4.69) is 22.9 Å². The number of nitrogens with zero attached hydrogens (tertiary/aromatic N) is 1. The second kappa shape index (κ2) is 6.39. The molecule has 0 bridgehead atoms. The molecule has 0 aromatic heterocycles. The molecule has 0 fully saturated rings. The summed E-state index contributed by atoms with van der Waals surface area (Å²) in [6, 6.07) is 5.20. The molecule has 1 aromatic rings. The van der Waals surface area contributed by atoms with Gasteiger partial charge in [0.25, 0.3) is 11.7 Å². The van der Waals surface area contributed by atoms with E-state index in [1.165, 1.54) is 0 Å². The lowest BCUT2D eigenvalue weighted by Gasteiger charge is -2.22. The van der Waals surface area contributed by atoms with Crippen LogP contribution in [0.3, 0.4) is 0 Å². The number of alkyl halides is 1. The maximum Gasteiger partial charge on any atom is 0.299 e. The molecule has 108 valence electrons. The number of benzene rings is 1. The SMILES string of the molecule is CCCC(CBr)CN1C(=O)C(=O)c2cc(OC)ccc21. The molecule has 0 aliphatic carbocycles. The van der Waals surface area contributed by atoms with Crippen molar-refractivity contribution >= 4 is 33.3 Å². The zero-order chi connectivity index (χ0) is 14.7. The minimum Gasteiger partial charge on any atom is -0.497 e. The fourth-order valence-electron chi connectivity index (χ4n) is 2.47. The highest BCUT2D eigenvalue weighted by Crippen LogP contribution is 2.33. The number of Topliss-reactive ketones (excluding diaryl/α,β-unsaturated/α-hetero) is 1. The number of amides is 1. The Morgan fingerprint density at radius 3 is 2.70 bits per heavy atom. The minimum atomic E-state index is -0.441. The first kappa shape index (κ1) is 15.0. The molecule has 1 unspecified atom stereocenters. The molecule has 1 heterocycles. The van der Waals surface area contributed by atoms with Gasteiger partial charge in [-0.3, -0.25) is 9.59 Å². The Balaban J connectivity index is 2.28. The average Bonchev–Trinajstić information content (AvgIpc) is 2.71. The van der Waals surface area contributed by atoms with E-state index < -0.39 is 11.7 Å². The number of anilines is 1. The van der Waals surface area contributed by atoms with Crippen molar-refractivity contribution in [1.82, 2.24) is 0 Å². The molecular formula is C15H18BrNO3. The maximum absolute atomic E-state index is 12.1. The Morgan fingerprint density at radius 2 is 2.10 bits per heavy atom. The third-order valence-corrected chi connectivity index (χ3v) is 4.45. The van der Waals surface area contributed by atoms with Gasteiger partial charge in [0.1, 0.15) is 5.75 Å². The van der Waals surface area contributed by atoms with Crippen molar-refractivity contribution in [3.63, 3.8) is 0 Å². The predicted octanol–water partition coefficient (Wildman–Crippen LogP) is 3.04. The summed E-state index contributed by atoms with van der Waals surface area (Å²) < 4.78 is 5.11. The molecule has 0 radical (unpaired) electrons. The third-order valence-electron chi connectivity index (χ3n) is 3.53. The summed E-state index contributed by atoms with van der Waals surface area (Å²) in [6.45, 7) is 2.69. The number of fused-ring (bicyclic) bond motifs is 1. The van der Waals surface area contributed by atoms with Gasteiger partial charge in [0, 0.05) is 11.9 Å². The average molecular weight is 340 g/mol. The Bertz CT molecular complexity index is 530. The summed E-state index contributed by atoms with van der Waals surface area (Å²) in [4.78, 5) is 25.8. The fourth-order valence-corrected chi connectivity index (χ4v) is 3.00. The molecule has 20 heavy (non-hydrogen) atoms. The number of rotatable bonds is 6. The van der Waals surface area contributed by atoms with Gasteiger partial charge in [0.05, 0.1) is 18.4 Å². The first-order valence-electron chi connectivity index (χ1n) is 6.72. The summed E-state index contributed by atoms with van der Waals surface area (Å²) >= 11 is 3.48. The van der Waals surface area contributed by atoms with Crippen molar-refractivity contribution in [2.75, 3.05) is 23.9 Å². The summed E-state index contributed by atoms with van der Waals surface area (Å²) in [5.74, 6) is 0.0705. The highest BCUT2D eigenvalue weighted by Gasteiger charge is 2.36. The van der Waals surface area contributed by atoms with E-state index in [0.29, 0.717) is 29.5 Å². The molecule has 2 rings (SSSR count). The van der Waals surface area contributed by atoms with E-state index in [1.807, 2.05) is 0 Å². The van der Waals surface area contributed by atoms with Crippen LogP contribution >= 0.6 is 15.9 Å². The predicted molar refractivity (Wildman–Crippen MR) is 81.9 cm³/mol. The van der Waals surface area contributed by atoms with E-state index in [-0.39, 0.29) is 0 Å². The number of hydrogen-bond donors (Lipinski definition) is 0. The summed E-state index contributed by atoms with van der Waals surface area (Å²) in [6.07, 6.45) is 2.08. The summed E-state index contributed by atoms with van der Waals surface area (Å²) in [5, 5.41) is 0.824. The Labute approximate surface area is 127 Å². The van der Waals surface area contributed by atoms with Gasteiger partial charge in [0.15, 0.2) is 0 Å². The van der Waals surface area contributed by atoms with Crippen molar-refractivity contribution in [1.29, 1.82) is 0 Å². The van der Waals surface area contributed by atoms with Crippen molar-refractivity contribution in [3.8, 4) is 5.75 Å². The summed E-state index contributed by atoms with van der Waals surface area (Å²) in [7, 11) is 1.54. The molecule has 0 N–H and O–H groups in total. The van der Waals surface area contributed by atoms with Gasteiger partial charge in [-0.15, -0.1) is 0 Å². The molecule has 1 amide bonds. The number of carbonyl (C=O) groups excluding carboxylic acids is 2. The molecule has 1 aliphatic rings. The smallest absolute Gasteiger partial charge is 0.299 e. The first-order valence-corrected chi connectivity index (χ1v) is 7.84. The topological polar surface area (TPSA) is 46.6 Å². The van der Waals surface area contributed by atoms with Gasteiger partial charge in [0.2, 0.25) is 0 Å². The van der Waals surface area contributed by atoms with Crippen LogP contribution in [0.25, 0.3) is 0 Å². The van der Waals surface area contributed by atoms with E-state index in [1.54, 1.807) is 30.2 Å². The van der Waals surface area contributed by atoms with Crippen LogP contribution in [-0.4, -0.2) is 30.7 Å². The van der Waals surface area contributed by atoms with Gasteiger partial charge in [-0.05, 0) is 30.5 Å². The lowest BCUT2D eigenvalue weighted by molar-refractivity contribution is -0.114. The monoisotopic (exact) mass is 339 g/mol. The second-order valence-electron chi connectivity index (χ2n) is 4.94. The second-order valence-corrected chi connectivity index (χ2v) is 5.58. The van der Waals surface area contributed by atoms with E-state index in [4.69, 9.17) is 4.74 Å². The number of ketones is 1. The van der Waals surface area contributed by atoms with Crippen molar-refractivity contribution in [2.45, 2.75) is 19.8 Å². The van der Waals surface area contributed by atoms with Crippen molar-refractivity contribution in [2.24, 2.45) is 5.92 Å². The Kier molecular flexibility index (Phi) is 4.81.